The number of para-hydroxylation sites is 1. The Morgan fingerprint density at radius 1 is 1.02 bits per heavy atom. The number of nitrogens with zero attached hydrogens (tertiary/aromatic N) is 5. The zero-order chi connectivity index (χ0) is 38.9. The molecular formula is C42H52F2N8O4. The van der Waals surface area contributed by atoms with E-state index in [0.717, 1.165) is 94.2 Å². The maximum absolute atomic E-state index is 14.0. The Morgan fingerprint density at radius 2 is 1.80 bits per heavy atom. The van der Waals surface area contributed by atoms with Crippen molar-refractivity contribution in [2.75, 3.05) is 64.4 Å². The third-order valence-corrected chi connectivity index (χ3v) is 12.5. The number of imide groups is 1. The number of fused-ring (bicyclic) bond motifs is 3. The Labute approximate surface area is 326 Å². The molecule has 6 heterocycles. The fraction of sp³-hybridized carbons (Fsp3) is 0.524. The van der Waals surface area contributed by atoms with E-state index in [2.05, 4.69) is 66.5 Å². The van der Waals surface area contributed by atoms with Crippen LogP contribution in [0.2, 0.25) is 0 Å². The number of ether oxygens (including phenoxy) is 1. The molecule has 3 amide bonds. The summed E-state index contributed by atoms with van der Waals surface area (Å²) in [7, 11) is 1.71. The van der Waals surface area contributed by atoms with Gasteiger partial charge in [0.2, 0.25) is 11.8 Å². The predicted molar refractivity (Wildman–Crippen MR) is 209 cm³/mol. The van der Waals surface area contributed by atoms with Gasteiger partial charge in [-0.2, -0.15) is 0 Å². The number of allylic oxidation sites excluding steroid dienone is 2. The van der Waals surface area contributed by atoms with Crippen molar-refractivity contribution in [1.82, 2.24) is 35.3 Å². The normalized spacial score (nSPS) is 25.5. The van der Waals surface area contributed by atoms with Crippen molar-refractivity contribution in [3.05, 3.63) is 83.2 Å². The number of piperidine rings is 2. The first-order valence-corrected chi connectivity index (χ1v) is 20.1. The first-order valence-electron chi connectivity index (χ1n) is 20.1. The number of methoxy groups -OCH3 is 1. The van der Waals surface area contributed by atoms with Gasteiger partial charge in [-0.25, -0.2) is 13.8 Å². The Morgan fingerprint density at radius 3 is 2.52 bits per heavy atom. The highest BCUT2D eigenvalue weighted by molar-refractivity contribution is 6.03. The van der Waals surface area contributed by atoms with Gasteiger partial charge in [0.1, 0.15) is 17.5 Å². The summed E-state index contributed by atoms with van der Waals surface area (Å²) >= 11 is 0. The lowest BCUT2D eigenvalue weighted by Crippen LogP contribution is -2.52. The molecule has 1 aliphatic carbocycles. The summed E-state index contributed by atoms with van der Waals surface area (Å²) in [5.41, 5.74) is 5.69. The number of aromatic nitrogens is 2. The van der Waals surface area contributed by atoms with E-state index in [0.29, 0.717) is 5.92 Å². The van der Waals surface area contributed by atoms with Crippen LogP contribution >= 0.6 is 0 Å². The molecule has 3 N–H and O–H groups in total. The minimum absolute atomic E-state index is 0.0237. The Kier molecular flexibility index (Phi) is 11.1. The van der Waals surface area contributed by atoms with Crippen molar-refractivity contribution in [1.29, 1.82) is 0 Å². The van der Waals surface area contributed by atoms with E-state index >= 15 is 0 Å². The molecule has 0 spiro atoms. The third-order valence-electron chi connectivity index (χ3n) is 12.5. The first kappa shape index (κ1) is 38.1. The van der Waals surface area contributed by atoms with Crippen LogP contribution in [0, 0.1) is 11.8 Å². The second-order valence-corrected chi connectivity index (χ2v) is 16.0. The molecule has 1 aromatic carbocycles. The Balaban J connectivity index is 0.833. The van der Waals surface area contributed by atoms with Crippen molar-refractivity contribution in [2.45, 2.75) is 70.0 Å². The molecule has 3 saturated heterocycles. The molecule has 12 nitrogen and oxygen atoms in total. The molecule has 56 heavy (non-hydrogen) atoms. The summed E-state index contributed by atoms with van der Waals surface area (Å²) in [5.74, 6) is 0.144. The van der Waals surface area contributed by atoms with Crippen LogP contribution in [0.5, 0.6) is 0 Å². The number of nitrogens with one attached hydrogen (secondary N) is 3. The molecule has 3 fully saturated rings. The fourth-order valence-corrected chi connectivity index (χ4v) is 9.52. The van der Waals surface area contributed by atoms with Crippen molar-refractivity contribution >= 4 is 34.3 Å². The Bertz CT molecular complexity index is 1980. The average Bonchev–Trinajstić information content (AvgIpc) is 3.57. The van der Waals surface area contributed by atoms with Crippen molar-refractivity contribution in [3.8, 4) is 0 Å². The number of anilines is 1. The van der Waals surface area contributed by atoms with E-state index in [1.165, 1.54) is 16.6 Å². The van der Waals surface area contributed by atoms with Gasteiger partial charge in [0.25, 0.3) is 12.3 Å². The molecule has 14 heteroatoms. The van der Waals surface area contributed by atoms with Gasteiger partial charge in [-0.1, -0.05) is 24.3 Å². The summed E-state index contributed by atoms with van der Waals surface area (Å²) in [4.78, 5) is 53.4. The van der Waals surface area contributed by atoms with Gasteiger partial charge in [-0.15, -0.1) is 0 Å². The standard InChI is InChI=1S/C42H52F2N8O4/c1-26-21-32-30-5-3-4-6-33(30)46-39(32)40(52(26)25-37(43)44)31-9-7-28(22-36(31)56-2)50-15-13-27(14-16-50)24-49-17-19-51(20-18-49)29-8-10-34(45-23-29)41(54)47-35-11-12-38(53)48-42(35)55/h3-8,10,22-23,26-27,31,35,37,40,46H,9,11-21,24-25H2,1-2H3,(H,47,54)(H,48,53,55)/t26-,31?,35+,40-/m1/s1. The summed E-state index contributed by atoms with van der Waals surface area (Å²) in [6.07, 6.45) is 7.87. The average molecular weight is 771 g/mol. The van der Waals surface area contributed by atoms with Gasteiger partial charge in [-0.3, -0.25) is 29.5 Å². The highest BCUT2D eigenvalue weighted by Gasteiger charge is 2.43. The first-order chi connectivity index (χ1) is 27.1. The largest absolute Gasteiger partial charge is 0.501 e. The maximum atomic E-state index is 14.0. The summed E-state index contributed by atoms with van der Waals surface area (Å²) in [6.45, 7) is 8.43. The summed E-state index contributed by atoms with van der Waals surface area (Å²) < 4.78 is 34.1. The highest BCUT2D eigenvalue weighted by atomic mass is 19.3. The molecule has 4 atom stereocenters. The topological polar surface area (TPSA) is 126 Å². The number of H-pyrrole nitrogens is 1. The lowest BCUT2D eigenvalue weighted by molar-refractivity contribution is -0.134. The lowest BCUT2D eigenvalue weighted by Gasteiger charge is -2.45. The molecule has 1 unspecified atom stereocenters. The fourth-order valence-electron chi connectivity index (χ4n) is 9.52. The number of amides is 3. The number of hydrogen-bond donors (Lipinski definition) is 3. The monoisotopic (exact) mass is 770 g/mol. The molecule has 0 saturated carbocycles. The van der Waals surface area contributed by atoms with Crippen molar-refractivity contribution in [2.24, 2.45) is 11.8 Å². The molecular weight excluding hydrogens is 719 g/mol. The number of pyridine rings is 1. The number of likely N-dealkylation sites (tertiary alicyclic amines) is 1. The van der Waals surface area contributed by atoms with Gasteiger partial charge >= 0.3 is 0 Å². The number of piperazine rings is 1. The number of benzene rings is 1. The van der Waals surface area contributed by atoms with E-state index in [4.69, 9.17) is 4.74 Å². The van der Waals surface area contributed by atoms with E-state index in [1.807, 2.05) is 23.1 Å². The highest BCUT2D eigenvalue weighted by Crippen LogP contribution is 2.46. The minimum atomic E-state index is -2.42. The number of carbonyl (C=O) groups is 3. The lowest BCUT2D eigenvalue weighted by atomic mass is 9.81. The van der Waals surface area contributed by atoms with Gasteiger partial charge < -0.3 is 24.8 Å². The van der Waals surface area contributed by atoms with Crippen LogP contribution in [-0.2, 0) is 20.7 Å². The number of carbonyl (C=O) groups excluding carboxylic acids is 3. The van der Waals surface area contributed by atoms with Crippen LogP contribution in [0.1, 0.15) is 66.8 Å². The van der Waals surface area contributed by atoms with E-state index in [9.17, 15) is 23.2 Å². The van der Waals surface area contributed by atoms with Crippen LogP contribution < -0.4 is 15.5 Å². The minimum Gasteiger partial charge on any atom is -0.501 e. The van der Waals surface area contributed by atoms with Gasteiger partial charge in [0, 0.05) is 86.5 Å². The number of alkyl halides is 2. The molecule has 0 radical (unpaired) electrons. The number of halogens is 2. The van der Waals surface area contributed by atoms with Crippen LogP contribution in [0.25, 0.3) is 10.9 Å². The quantitative estimate of drug-likeness (QED) is 0.254. The molecule has 4 aliphatic heterocycles. The number of hydrogen-bond acceptors (Lipinski definition) is 9. The third kappa shape index (κ3) is 7.90. The number of rotatable bonds is 10. The molecule has 5 aliphatic rings. The maximum Gasteiger partial charge on any atom is 0.270 e. The van der Waals surface area contributed by atoms with Crippen molar-refractivity contribution in [3.63, 3.8) is 0 Å². The molecule has 3 aromatic rings. The molecule has 298 valence electrons. The molecule has 2 aromatic heterocycles. The van der Waals surface area contributed by atoms with Gasteiger partial charge in [0.15, 0.2) is 0 Å². The van der Waals surface area contributed by atoms with Gasteiger partial charge in [-0.05, 0) is 74.8 Å². The van der Waals surface area contributed by atoms with Crippen LogP contribution in [0.3, 0.4) is 0 Å². The van der Waals surface area contributed by atoms with Crippen LogP contribution in [0.4, 0.5) is 14.5 Å². The second kappa shape index (κ2) is 16.3. The van der Waals surface area contributed by atoms with E-state index < -0.39 is 24.3 Å². The zero-order valence-corrected chi connectivity index (χ0v) is 32.2. The molecule has 0 bridgehead atoms. The van der Waals surface area contributed by atoms with E-state index in [-0.39, 0.29) is 49.0 Å². The van der Waals surface area contributed by atoms with Crippen molar-refractivity contribution < 1.29 is 27.9 Å². The van der Waals surface area contributed by atoms with Gasteiger partial charge in [0.05, 0.1) is 31.6 Å². The predicted octanol–water partition coefficient (Wildman–Crippen LogP) is 4.62. The van der Waals surface area contributed by atoms with Crippen LogP contribution in [0.15, 0.2) is 66.2 Å². The van der Waals surface area contributed by atoms with E-state index in [1.54, 1.807) is 19.4 Å². The smallest absolute Gasteiger partial charge is 0.270 e. The summed E-state index contributed by atoms with van der Waals surface area (Å²) in [5, 5.41) is 6.11. The SMILES string of the molecule is COC1=CC(N2CCC(CN3CCN(c4ccc(C(=O)N[C@H]5CCC(=O)NC5=O)nc4)CC3)CC2)=CCC1[C@@H]1c2[nH]c3ccccc3c2C[C@@H](C)N1CC(F)F. The Hall–Kier alpha value is -4.82. The zero-order valence-electron chi connectivity index (χ0n) is 32.2. The molecule has 8 rings (SSSR count). The van der Waals surface area contributed by atoms with Crippen LogP contribution in [-0.4, -0.2) is 120 Å². The second-order valence-electron chi connectivity index (χ2n) is 16.0. The number of aromatic amines is 1. The summed E-state index contributed by atoms with van der Waals surface area (Å²) in [6, 6.07) is 10.8.